The van der Waals surface area contributed by atoms with Crippen LogP contribution in [0.4, 0.5) is 0 Å². The average molecular weight is 544 g/mol. The minimum absolute atomic E-state index is 0.563. The molecule has 3 aliphatic rings. The summed E-state index contributed by atoms with van der Waals surface area (Å²) in [6.07, 6.45) is 0. The van der Waals surface area contributed by atoms with E-state index in [0.29, 0.717) is 24.2 Å². The molecular weight excluding hydrogens is 509 g/mol. The van der Waals surface area contributed by atoms with Gasteiger partial charge < -0.3 is 37.0 Å². The zero-order valence-electron chi connectivity index (χ0n) is 19.1. The molecule has 0 atom stereocenters. The predicted octanol–water partition coefficient (Wildman–Crippen LogP) is 3.54. The van der Waals surface area contributed by atoms with Crippen molar-refractivity contribution in [2.24, 2.45) is 0 Å². The first kappa shape index (κ1) is 25.8. The Morgan fingerprint density at radius 1 is 0.400 bits per heavy atom. The standard InChI is InChI=1S/C14H35O9Si7/c1-8-24-15-27(11-4)17-25(9-2)19-29(13-6)20-26(10-3)18-28(12-5,16-24)22-30(14-7,21-27)23-29/h8-14H2,1-7H3. The Morgan fingerprint density at radius 3 is 0.800 bits per heavy atom. The normalized spacial score (nSPS) is 41.7. The molecule has 173 valence electrons. The minimum atomic E-state index is -3.29. The van der Waals surface area contributed by atoms with Crippen molar-refractivity contribution in [2.45, 2.75) is 90.8 Å². The first-order valence-electron chi connectivity index (χ1n) is 11.1. The molecule has 3 rings (SSSR count). The van der Waals surface area contributed by atoms with Crippen LogP contribution in [0.1, 0.15) is 48.5 Å². The van der Waals surface area contributed by atoms with Crippen molar-refractivity contribution in [3.8, 4) is 0 Å². The number of hydrogen-bond donors (Lipinski definition) is 0. The minimum Gasteiger partial charge on any atom is -0.393 e. The summed E-state index contributed by atoms with van der Waals surface area (Å²) >= 11 is 0. The largest absolute Gasteiger partial charge is 0.478 e. The van der Waals surface area contributed by atoms with Gasteiger partial charge in [-0.2, -0.15) is 0 Å². The van der Waals surface area contributed by atoms with E-state index < -0.39 is 63.1 Å². The van der Waals surface area contributed by atoms with Gasteiger partial charge in [-0.1, -0.05) is 48.5 Å². The van der Waals surface area contributed by atoms with Gasteiger partial charge in [0.05, 0.1) is 0 Å². The summed E-state index contributed by atoms with van der Waals surface area (Å²) in [7, 11) is -17.7. The van der Waals surface area contributed by atoms with Gasteiger partial charge >= 0.3 is 63.1 Å². The molecule has 0 spiro atoms. The third kappa shape index (κ3) is 5.13. The molecule has 0 unspecified atom stereocenters. The van der Waals surface area contributed by atoms with Crippen molar-refractivity contribution in [1.29, 1.82) is 0 Å². The zero-order chi connectivity index (χ0) is 22.0. The third-order valence-corrected chi connectivity index (χ3v) is 30.7. The zero-order valence-corrected chi connectivity index (χ0v) is 26.1. The molecule has 9 nitrogen and oxygen atoms in total. The van der Waals surface area contributed by atoms with Crippen LogP contribution in [0, 0.1) is 0 Å². The van der Waals surface area contributed by atoms with Gasteiger partial charge in [-0.15, -0.1) is 0 Å². The lowest BCUT2D eigenvalue weighted by molar-refractivity contribution is 0.0585. The first-order valence-corrected chi connectivity index (χ1v) is 23.4. The van der Waals surface area contributed by atoms with E-state index in [2.05, 4.69) is 20.8 Å². The van der Waals surface area contributed by atoms with Gasteiger partial charge in [-0.05, 0) is 18.1 Å². The molecular formula is C14H35O9Si7. The topological polar surface area (TPSA) is 83.1 Å². The summed E-state index contributed by atoms with van der Waals surface area (Å²) in [6, 6.07) is 4.66. The highest BCUT2D eigenvalue weighted by Crippen LogP contribution is 2.41. The van der Waals surface area contributed by atoms with Gasteiger partial charge in [-0.25, -0.2) is 0 Å². The third-order valence-electron chi connectivity index (χ3n) is 5.15. The summed E-state index contributed by atoms with van der Waals surface area (Å²) < 4.78 is 60.3. The van der Waals surface area contributed by atoms with E-state index in [1.165, 1.54) is 0 Å². The molecule has 16 heteroatoms. The second kappa shape index (κ2) is 10.2. The lowest BCUT2D eigenvalue weighted by Gasteiger charge is -2.53. The van der Waals surface area contributed by atoms with Crippen molar-refractivity contribution < 1.29 is 37.0 Å². The molecule has 3 saturated heterocycles. The quantitative estimate of drug-likeness (QED) is 0.448. The van der Waals surface area contributed by atoms with Gasteiger partial charge in [0.1, 0.15) is 0 Å². The molecule has 3 heterocycles. The molecule has 0 aliphatic carbocycles. The number of rotatable bonds is 7. The maximum Gasteiger partial charge on any atom is 0.478 e. The van der Waals surface area contributed by atoms with Crippen LogP contribution in [-0.4, -0.2) is 63.1 Å². The molecule has 0 saturated carbocycles. The fraction of sp³-hybridized carbons (Fsp3) is 1.00. The molecule has 0 aromatic rings. The van der Waals surface area contributed by atoms with E-state index in [1.54, 1.807) is 0 Å². The molecule has 3 radical (unpaired) electrons. The van der Waals surface area contributed by atoms with Crippen LogP contribution in [0.25, 0.3) is 0 Å². The van der Waals surface area contributed by atoms with Gasteiger partial charge in [0.2, 0.25) is 0 Å². The van der Waals surface area contributed by atoms with Gasteiger partial charge in [-0.3, -0.25) is 0 Å². The van der Waals surface area contributed by atoms with Crippen LogP contribution < -0.4 is 0 Å². The van der Waals surface area contributed by atoms with Crippen molar-refractivity contribution in [1.82, 2.24) is 0 Å². The Labute approximate surface area is 190 Å². The Hall–Kier alpha value is 1.16. The van der Waals surface area contributed by atoms with Crippen LogP contribution in [-0.2, 0) is 37.0 Å². The highest BCUT2D eigenvalue weighted by atomic mass is 28.6. The van der Waals surface area contributed by atoms with Crippen LogP contribution >= 0.6 is 0 Å². The van der Waals surface area contributed by atoms with Crippen molar-refractivity contribution in [2.75, 3.05) is 0 Å². The Bertz CT molecular complexity index is 496. The smallest absolute Gasteiger partial charge is 0.393 e. The first-order chi connectivity index (χ1) is 14.3. The van der Waals surface area contributed by atoms with Crippen molar-refractivity contribution >= 4 is 63.1 Å². The molecule has 3 aliphatic heterocycles. The molecule has 0 aromatic carbocycles. The van der Waals surface area contributed by atoms with Crippen molar-refractivity contribution in [3.05, 3.63) is 0 Å². The predicted molar refractivity (Wildman–Crippen MR) is 123 cm³/mol. The summed E-state index contributed by atoms with van der Waals surface area (Å²) in [6.45, 7) is 14.4. The van der Waals surface area contributed by atoms with Crippen LogP contribution in [0.5, 0.6) is 0 Å². The number of fused-ring (bicyclic) bond motifs is 3. The summed E-state index contributed by atoms with van der Waals surface area (Å²) in [5, 5.41) is 0. The Kier molecular flexibility index (Phi) is 8.76. The van der Waals surface area contributed by atoms with Crippen LogP contribution in [0.15, 0.2) is 0 Å². The second-order valence-corrected chi connectivity index (χ2v) is 27.2. The van der Waals surface area contributed by atoms with Gasteiger partial charge in [0.15, 0.2) is 0 Å². The monoisotopic (exact) mass is 543 g/mol. The molecule has 3 fully saturated rings. The van der Waals surface area contributed by atoms with Crippen LogP contribution in [0.3, 0.4) is 0 Å². The highest BCUT2D eigenvalue weighted by Gasteiger charge is 2.69. The molecule has 0 aromatic heterocycles. The Morgan fingerprint density at radius 2 is 0.633 bits per heavy atom. The lowest BCUT2D eigenvalue weighted by atomic mass is 11.0. The van der Waals surface area contributed by atoms with E-state index in [-0.39, 0.29) is 0 Å². The van der Waals surface area contributed by atoms with E-state index >= 15 is 0 Å². The van der Waals surface area contributed by atoms with Crippen molar-refractivity contribution in [3.63, 3.8) is 0 Å². The molecule has 0 amide bonds. The van der Waals surface area contributed by atoms with Gasteiger partial charge in [0, 0.05) is 24.2 Å². The fourth-order valence-corrected chi connectivity index (χ4v) is 35.9. The highest BCUT2D eigenvalue weighted by molar-refractivity contribution is 6.94. The van der Waals surface area contributed by atoms with E-state index in [1.807, 2.05) is 27.7 Å². The number of hydrogen-bond acceptors (Lipinski definition) is 9. The van der Waals surface area contributed by atoms with E-state index in [0.717, 1.165) is 18.1 Å². The van der Waals surface area contributed by atoms with E-state index in [9.17, 15) is 0 Å². The fourth-order valence-electron chi connectivity index (χ4n) is 3.36. The molecule has 30 heavy (non-hydrogen) atoms. The summed E-state index contributed by atoms with van der Waals surface area (Å²) in [5.74, 6) is 0. The Balaban J connectivity index is 2.18. The molecule has 0 N–H and O–H groups in total. The van der Waals surface area contributed by atoms with Gasteiger partial charge in [0.25, 0.3) is 0 Å². The average Bonchev–Trinajstić information content (AvgIpc) is 2.73. The summed E-state index contributed by atoms with van der Waals surface area (Å²) in [4.78, 5) is 0. The SMILES string of the molecule is CC[Si]1O[Si]2(CC)O[Si](CC)O[Si]3(CC)O[Si](CC)O[Si](CC)(O1)O[Si](CC)(O2)O3. The maximum absolute atomic E-state index is 6.83. The molecule has 4 bridgehead atoms. The van der Waals surface area contributed by atoms with E-state index in [4.69, 9.17) is 37.0 Å². The second-order valence-electron chi connectivity index (χ2n) is 7.24. The van der Waals surface area contributed by atoms with Crippen LogP contribution in [0.2, 0.25) is 42.3 Å². The maximum atomic E-state index is 6.83. The summed E-state index contributed by atoms with van der Waals surface area (Å²) in [5.41, 5.74) is 0. The lowest BCUT2D eigenvalue weighted by Crippen LogP contribution is -2.76.